The Morgan fingerprint density at radius 2 is 2.11 bits per heavy atom. The highest BCUT2D eigenvalue weighted by atomic mass is 79.9. The van der Waals surface area contributed by atoms with Crippen molar-refractivity contribution in [3.63, 3.8) is 0 Å². The summed E-state index contributed by atoms with van der Waals surface area (Å²) in [5.41, 5.74) is 1.10. The minimum Gasteiger partial charge on any atom is -0.478 e. The van der Waals surface area contributed by atoms with E-state index in [1.807, 2.05) is 25.1 Å². The lowest BCUT2D eigenvalue weighted by Gasteiger charge is -2.08. The highest BCUT2D eigenvalue weighted by molar-refractivity contribution is 9.10. The van der Waals surface area contributed by atoms with Crippen LogP contribution in [0.25, 0.3) is 0 Å². The van der Waals surface area contributed by atoms with Crippen LogP contribution in [-0.4, -0.2) is 16.1 Å². The van der Waals surface area contributed by atoms with Gasteiger partial charge in [-0.1, -0.05) is 15.9 Å². The number of rotatable bonds is 3. The van der Waals surface area contributed by atoms with Gasteiger partial charge in [0, 0.05) is 16.7 Å². The molecule has 0 atom stereocenters. The summed E-state index contributed by atoms with van der Waals surface area (Å²) in [6, 6.07) is 8.62. The topological polar surface area (TPSA) is 59.4 Å². The summed E-state index contributed by atoms with van der Waals surface area (Å²) in [5, 5.41) is 8.75. The zero-order chi connectivity index (χ0) is 13.1. The van der Waals surface area contributed by atoms with Crippen molar-refractivity contribution in [3.8, 4) is 11.6 Å². The number of carboxylic acid groups (broad SMARTS) is 1. The largest absolute Gasteiger partial charge is 0.478 e. The minimum absolute atomic E-state index is 0.134. The number of aromatic nitrogens is 1. The molecule has 2 aromatic rings. The van der Waals surface area contributed by atoms with Gasteiger partial charge in [-0.2, -0.15) is 0 Å². The van der Waals surface area contributed by atoms with Crippen LogP contribution in [0.3, 0.4) is 0 Å². The van der Waals surface area contributed by atoms with Gasteiger partial charge in [-0.3, -0.25) is 0 Å². The van der Waals surface area contributed by atoms with Crippen molar-refractivity contribution in [2.24, 2.45) is 0 Å². The van der Waals surface area contributed by atoms with Crippen LogP contribution in [0.2, 0.25) is 0 Å². The Labute approximate surface area is 112 Å². The van der Waals surface area contributed by atoms with Crippen LogP contribution in [0, 0.1) is 6.92 Å². The Balaban J connectivity index is 2.21. The Hall–Kier alpha value is -1.88. The number of benzene rings is 1. The normalized spacial score (nSPS) is 10.1. The fraction of sp³-hybridized carbons (Fsp3) is 0.0769. The molecule has 0 aliphatic rings. The number of ether oxygens (including phenoxy) is 1. The lowest BCUT2D eigenvalue weighted by Crippen LogP contribution is -1.97. The predicted octanol–water partition coefficient (Wildman–Crippen LogP) is 3.64. The molecule has 18 heavy (non-hydrogen) atoms. The van der Waals surface area contributed by atoms with Gasteiger partial charge in [0.05, 0.1) is 5.56 Å². The van der Waals surface area contributed by atoms with Gasteiger partial charge in [0.2, 0.25) is 5.88 Å². The number of aryl methyl sites for hydroxylation is 1. The van der Waals surface area contributed by atoms with E-state index >= 15 is 0 Å². The Bertz CT molecular complexity index is 581. The molecule has 0 aliphatic carbocycles. The van der Waals surface area contributed by atoms with E-state index in [9.17, 15) is 4.79 Å². The number of carbonyl (C=O) groups is 1. The van der Waals surface area contributed by atoms with E-state index in [0.717, 1.165) is 10.0 Å². The van der Waals surface area contributed by atoms with Crippen LogP contribution in [0.15, 0.2) is 41.0 Å². The average Bonchev–Trinajstić information content (AvgIpc) is 2.33. The number of carboxylic acids is 1. The first-order valence-electron chi connectivity index (χ1n) is 5.19. The predicted molar refractivity (Wildman–Crippen MR) is 70.1 cm³/mol. The van der Waals surface area contributed by atoms with E-state index in [1.54, 1.807) is 0 Å². The molecule has 0 radical (unpaired) electrons. The van der Waals surface area contributed by atoms with Gasteiger partial charge in [0.25, 0.3) is 0 Å². The smallest absolute Gasteiger partial charge is 0.337 e. The number of hydrogen-bond donors (Lipinski definition) is 1. The number of hydrogen-bond acceptors (Lipinski definition) is 3. The molecule has 1 aromatic carbocycles. The summed E-state index contributed by atoms with van der Waals surface area (Å²) in [6.45, 7) is 1.92. The van der Waals surface area contributed by atoms with Gasteiger partial charge in [-0.05, 0) is 36.8 Å². The molecule has 5 heteroatoms. The summed E-state index contributed by atoms with van der Waals surface area (Å²) in [5.74, 6) is 0.0491. The molecule has 92 valence electrons. The van der Waals surface area contributed by atoms with Crippen LogP contribution in [0.5, 0.6) is 11.6 Å². The van der Waals surface area contributed by atoms with Crippen molar-refractivity contribution >= 4 is 21.9 Å². The van der Waals surface area contributed by atoms with Crippen molar-refractivity contribution in [3.05, 3.63) is 52.1 Å². The second-order valence-corrected chi connectivity index (χ2v) is 4.62. The van der Waals surface area contributed by atoms with E-state index in [4.69, 9.17) is 9.84 Å². The van der Waals surface area contributed by atoms with E-state index in [0.29, 0.717) is 11.6 Å². The monoisotopic (exact) mass is 307 g/mol. The summed E-state index contributed by atoms with van der Waals surface area (Å²) in [4.78, 5) is 14.6. The van der Waals surface area contributed by atoms with E-state index in [2.05, 4.69) is 20.9 Å². The fourth-order valence-electron chi connectivity index (χ4n) is 1.41. The Morgan fingerprint density at radius 1 is 1.33 bits per heavy atom. The molecule has 2 rings (SSSR count). The number of pyridine rings is 1. The van der Waals surface area contributed by atoms with Crippen molar-refractivity contribution in [2.75, 3.05) is 0 Å². The molecule has 0 aliphatic heterocycles. The number of aromatic carboxylic acids is 1. The molecular formula is C13H10BrNO3. The van der Waals surface area contributed by atoms with Gasteiger partial charge in [0.1, 0.15) is 5.75 Å². The van der Waals surface area contributed by atoms with Gasteiger partial charge in [-0.25, -0.2) is 9.78 Å². The molecule has 0 amide bonds. The van der Waals surface area contributed by atoms with Crippen LogP contribution in [0.4, 0.5) is 0 Å². The maximum absolute atomic E-state index is 10.7. The fourth-order valence-corrected chi connectivity index (χ4v) is 1.88. The molecule has 1 heterocycles. The molecule has 0 spiro atoms. The zero-order valence-corrected chi connectivity index (χ0v) is 11.1. The molecule has 1 aromatic heterocycles. The number of halogens is 1. The third-order valence-electron chi connectivity index (χ3n) is 2.33. The van der Waals surface area contributed by atoms with Crippen molar-refractivity contribution in [1.29, 1.82) is 0 Å². The Kier molecular flexibility index (Phi) is 3.62. The SMILES string of the molecule is Cc1cc(Br)ccc1Oc1ccc(C(=O)O)cn1. The van der Waals surface area contributed by atoms with Crippen molar-refractivity contribution in [2.45, 2.75) is 6.92 Å². The summed E-state index contributed by atoms with van der Waals surface area (Å²) >= 11 is 3.37. The Morgan fingerprint density at radius 3 is 2.67 bits per heavy atom. The molecule has 1 N–H and O–H groups in total. The highest BCUT2D eigenvalue weighted by Crippen LogP contribution is 2.26. The van der Waals surface area contributed by atoms with Crippen LogP contribution >= 0.6 is 15.9 Å². The molecule has 0 bridgehead atoms. The third-order valence-corrected chi connectivity index (χ3v) is 2.83. The van der Waals surface area contributed by atoms with E-state index in [1.165, 1.54) is 18.3 Å². The van der Waals surface area contributed by atoms with Crippen LogP contribution in [-0.2, 0) is 0 Å². The highest BCUT2D eigenvalue weighted by Gasteiger charge is 2.06. The van der Waals surface area contributed by atoms with Crippen molar-refractivity contribution < 1.29 is 14.6 Å². The van der Waals surface area contributed by atoms with Crippen molar-refractivity contribution in [1.82, 2.24) is 4.98 Å². The summed E-state index contributed by atoms with van der Waals surface area (Å²) in [6.07, 6.45) is 1.27. The lowest BCUT2D eigenvalue weighted by molar-refractivity contribution is 0.0696. The summed E-state index contributed by atoms with van der Waals surface area (Å²) in [7, 11) is 0. The molecular weight excluding hydrogens is 298 g/mol. The van der Waals surface area contributed by atoms with Gasteiger partial charge in [0.15, 0.2) is 0 Å². The molecule has 0 unspecified atom stereocenters. The van der Waals surface area contributed by atoms with Crippen LogP contribution < -0.4 is 4.74 Å². The molecule has 0 saturated carbocycles. The maximum atomic E-state index is 10.7. The molecule has 0 saturated heterocycles. The quantitative estimate of drug-likeness (QED) is 0.940. The molecule has 4 nitrogen and oxygen atoms in total. The number of nitrogens with zero attached hydrogens (tertiary/aromatic N) is 1. The zero-order valence-electron chi connectivity index (χ0n) is 9.55. The van der Waals surface area contributed by atoms with Gasteiger partial charge < -0.3 is 9.84 Å². The first kappa shape index (κ1) is 12.6. The van der Waals surface area contributed by atoms with E-state index in [-0.39, 0.29) is 5.56 Å². The minimum atomic E-state index is -1.01. The average molecular weight is 308 g/mol. The van der Waals surface area contributed by atoms with Gasteiger partial charge in [-0.15, -0.1) is 0 Å². The second kappa shape index (κ2) is 5.18. The van der Waals surface area contributed by atoms with Crippen LogP contribution in [0.1, 0.15) is 15.9 Å². The first-order valence-corrected chi connectivity index (χ1v) is 5.99. The third kappa shape index (κ3) is 2.87. The second-order valence-electron chi connectivity index (χ2n) is 3.70. The van der Waals surface area contributed by atoms with Gasteiger partial charge >= 0.3 is 5.97 Å². The lowest BCUT2D eigenvalue weighted by atomic mass is 10.2. The standard InChI is InChI=1S/C13H10BrNO3/c1-8-6-10(14)3-4-11(8)18-12-5-2-9(7-15-12)13(16)17/h2-7H,1H3,(H,16,17). The summed E-state index contributed by atoms with van der Waals surface area (Å²) < 4.78 is 6.55. The van der Waals surface area contributed by atoms with E-state index < -0.39 is 5.97 Å². The maximum Gasteiger partial charge on any atom is 0.337 e. The molecule has 0 fully saturated rings. The first-order chi connectivity index (χ1) is 8.56.